The Morgan fingerprint density at radius 1 is 1.41 bits per heavy atom. The summed E-state index contributed by atoms with van der Waals surface area (Å²) in [5.41, 5.74) is 0. The monoisotopic (exact) mass is 274 g/mol. The fourth-order valence-electron chi connectivity index (χ4n) is 2.17. The van der Waals surface area contributed by atoms with Gasteiger partial charge in [-0.15, -0.1) is 11.8 Å². The third kappa shape index (κ3) is 2.95. The number of nitriles is 1. The minimum Gasteiger partial charge on any atom is -0.212 e. The number of piperidine rings is 1. The molecule has 1 aliphatic heterocycles. The fraction of sp³-hybridized carbons (Fsp3) is 0.909. The van der Waals surface area contributed by atoms with Crippen molar-refractivity contribution in [3.63, 3.8) is 0 Å². The van der Waals surface area contributed by atoms with Gasteiger partial charge >= 0.3 is 0 Å². The van der Waals surface area contributed by atoms with Gasteiger partial charge in [0.05, 0.1) is 11.8 Å². The lowest BCUT2D eigenvalue weighted by Crippen LogP contribution is -2.45. The van der Waals surface area contributed by atoms with E-state index in [-0.39, 0.29) is 4.75 Å². The van der Waals surface area contributed by atoms with Crippen LogP contribution in [0.4, 0.5) is 0 Å². The molecule has 0 radical (unpaired) electrons. The van der Waals surface area contributed by atoms with Crippen molar-refractivity contribution in [2.75, 3.05) is 25.1 Å². The second-order valence-corrected chi connectivity index (χ2v) is 8.13. The average Bonchev–Trinajstić information content (AvgIpc) is 3.12. The summed E-state index contributed by atoms with van der Waals surface area (Å²) in [5.74, 6) is 0.703. The molecule has 0 aromatic carbocycles. The minimum atomic E-state index is -3.07. The Labute approximate surface area is 107 Å². The Balaban J connectivity index is 1.96. The fourth-order valence-corrected chi connectivity index (χ4v) is 4.74. The Kier molecular flexibility index (Phi) is 3.71. The Hall–Kier alpha value is -0.250. The largest absolute Gasteiger partial charge is 0.214 e. The van der Waals surface area contributed by atoms with Gasteiger partial charge < -0.3 is 0 Å². The molecule has 96 valence electrons. The molecule has 1 aliphatic carbocycles. The maximum Gasteiger partial charge on any atom is 0.214 e. The van der Waals surface area contributed by atoms with Crippen LogP contribution in [0.1, 0.15) is 25.7 Å². The summed E-state index contributed by atoms with van der Waals surface area (Å²) >= 11 is 1.55. The van der Waals surface area contributed by atoms with Crippen LogP contribution in [0, 0.1) is 17.2 Å². The zero-order valence-electron chi connectivity index (χ0n) is 10.1. The molecule has 0 atom stereocenters. The summed E-state index contributed by atoms with van der Waals surface area (Å²) in [6.45, 7) is 1.01. The normalized spacial score (nSPS) is 25.4. The van der Waals surface area contributed by atoms with Gasteiger partial charge in [0, 0.05) is 13.1 Å². The van der Waals surface area contributed by atoms with Crippen LogP contribution >= 0.6 is 11.8 Å². The van der Waals surface area contributed by atoms with Gasteiger partial charge in [-0.3, -0.25) is 0 Å². The van der Waals surface area contributed by atoms with Crippen molar-refractivity contribution in [1.82, 2.24) is 4.31 Å². The number of nitrogens with zero attached hydrogens (tertiary/aromatic N) is 2. The summed E-state index contributed by atoms with van der Waals surface area (Å²) in [4.78, 5) is 0. The minimum absolute atomic E-state index is 0.311. The predicted octanol–water partition coefficient (Wildman–Crippen LogP) is 1.45. The predicted molar refractivity (Wildman–Crippen MR) is 69.2 cm³/mol. The molecule has 0 spiro atoms. The number of hydrogen-bond acceptors (Lipinski definition) is 4. The van der Waals surface area contributed by atoms with E-state index in [1.807, 2.05) is 6.26 Å². The van der Waals surface area contributed by atoms with Gasteiger partial charge in [-0.1, -0.05) is 0 Å². The van der Waals surface area contributed by atoms with Gasteiger partial charge in [0.2, 0.25) is 10.0 Å². The van der Waals surface area contributed by atoms with E-state index >= 15 is 0 Å². The first kappa shape index (κ1) is 13.2. The van der Waals surface area contributed by atoms with E-state index in [9.17, 15) is 8.42 Å². The molecule has 1 saturated carbocycles. The van der Waals surface area contributed by atoms with E-state index in [2.05, 4.69) is 6.07 Å². The molecule has 4 nitrogen and oxygen atoms in total. The molecule has 0 N–H and O–H groups in total. The lowest BCUT2D eigenvalue weighted by molar-refractivity contribution is 0.326. The highest BCUT2D eigenvalue weighted by molar-refractivity contribution is 8.00. The second kappa shape index (κ2) is 4.79. The first-order chi connectivity index (χ1) is 8.01. The van der Waals surface area contributed by atoms with Crippen LogP contribution in [0.3, 0.4) is 0 Å². The van der Waals surface area contributed by atoms with Crippen LogP contribution in [0.5, 0.6) is 0 Å². The van der Waals surface area contributed by atoms with Crippen molar-refractivity contribution in [3.05, 3.63) is 0 Å². The van der Waals surface area contributed by atoms with Gasteiger partial charge in [-0.2, -0.15) is 5.26 Å². The highest BCUT2D eigenvalue weighted by atomic mass is 32.2. The van der Waals surface area contributed by atoms with E-state index in [0.717, 1.165) is 12.8 Å². The van der Waals surface area contributed by atoms with Gasteiger partial charge in [0.25, 0.3) is 0 Å². The van der Waals surface area contributed by atoms with Crippen molar-refractivity contribution < 1.29 is 8.42 Å². The van der Waals surface area contributed by atoms with Crippen LogP contribution in [0.15, 0.2) is 0 Å². The lowest BCUT2D eigenvalue weighted by Gasteiger charge is -2.35. The van der Waals surface area contributed by atoms with Crippen LogP contribution in [0.2, 0.25) is 0 Å². The summed E-state index contributed by atoms with van der Waals surface area (Å²) in [6, 6.07) is 2.33. The molecule has 2 rings (SSSR count). The van der Waals surface area contributed by atoms with Crippen LogP contribution < -0.4 is 0 Å². The summed E-state index contributed by atoms with van der Waals surface area (Å²) in [5, 5.41) is 9.15. The molecule has 0 aromatic heterocycles. The van der Waals surface area contributed by atoms with Crippen molar-refractivity contribution >= 4 is 21.8 Å². The molecule has 2 aliphatic rings. The lowest BCUT2D eigenvalue weighted by atomic mass is 9.99. The Morgan fingerprint density at radius 3 is 2.41 bits per heavy atom. The maximum absolute atomic E-state index is 12.1. The first-order valence-electron chi connectivity index (χ1n) is 5.95. The van der Waals surface area contributed by atoms with Crippen molar-refractivity contribution in [3.8, 4) is 6.07 Å². The SMILES string of the molecule is CSC1(C#N)CCN(S(=O)(=O)CC2CC2)CC1. The summed E-state index contributed by atoms with van der Waals surface area (Å²) in [7, 11) is -3.07. The molecule has 0 amide bonds. The van der Waals surface area contributed by atoms with E-state index in [4.69, 9.17) is 5.26 Å². The van der Waals surface area contributed by atoms with Gasteiger partial charge in [-0.25, -0.2) is 12.7 Å². The molecule has 17 heavy (non-hydrogen) atoms. The van der Waals surface area contributed by atoms with E-state index < -0.39 is 10.0 Å². The average molecular weight is 274 g/mol. The van der Waals surface area contributed by atoms with E-state index in [0.29, 0.717) is 37.6 Å². The number of hydrogen-bond donors (Lipinski definition) is 0. The molecular formula is C11H18N2O2S2. The molecule has 0 aromatic rings. The highest BCUT2D eigenvalue weighted by Crippen LogP contribution is 2.36. The zero-order chi connectivity index (χ0) is 12.5. The van der Waals surface area contributed by atoms with E-state index in [1.165, 1.54) is 0 Å². The standard InChI is InChI=1S/C11H18N2O2S2/c1-16-11(9-12)4-6-13(7-5-11)17(14,15)8-10-2-3-10/h10H,2-8H2,1H3. The maximum atomic E-state index is 12.1. The van der Waals surface area contributed by atoms with Crippen molar-refractivity contribution in [1.29, 1.82) is 5.26 Å². The third-order valence-corrected chi connectivity index (χ3v) is 6.99. The molecule has 2 fully saturated rings. The Morgan fingerprint density at radius 2 is 2.00 bits per heavy atom. The van der Waals surface area contributed by atoms with Crippen LogP contribution in [0.25, 0.3) is 0 Å². The molecule has 0 unspecified atom stereocenters. The number of sulfonamides is 1. The smallest absolute Gasteiger partial charge is 0.212 e. The molecule has 1 heterocycles. The molecule has 0 bridgehead atoms. The second-order valence-electron chi connectivity index (χ2n) is 4.93. The highest BCUT2D eigenvalue weighted by Gasteiger charge is 2.39. The molecule has 1 saturated heterocycles. The van der Waals surface area contributed by atoms with Crippen LogP contribution in [-0.2, 0) is 10.0 Å². The quantitative estimate of drug-likeness (QED) is 0.778. The van der Waals surface area contributed by atoms with Crippen molar-refractivity contribution in [2.45, 2.75) is 30.4 Å². The first-order valence-corrected chi connectivity index (χ1v) is 8.79. The topological polar surface area (TPSA) is 61.2 Å². The number of rotatable bonds is 4. The summed E-state index contributed by atoms with van der Waals surface area (Å²) < 4.78 is 25.3. The van der Waals surface area contributed by atoms with Crippen molar-refractivity contribution in [2.24, 2.45) is 5.92 Å². The van der Waals surface area contributed by atoms with Gasteiger partial charge in [-0.05, 0) is 37.9 Å². The van der Waals surface area contributed by atoms with Crippen LogP contribution in [-0.4, -0.2) is 42.6 Å². The zero-order valence-corrected chi connectivity index (χ0v) is 11.7. The molecule has 6 heteroatoms. The molecular weight excluding hydrogens is 256 g/mol. The van der Waals surface area contributed by atoms with Gasteiger partial charge in [0.1, 0.15) is 4.75 Å². The summed E-state index contributed by atoms with van der Waals surface area (Å²) in [6.07, 6.45) is 5.33. The van der Waals surface area contributed by atoms with Gasteiger partial charge in [0.15, 0.2) is 0 Å². The Bertz CT molecular complexity index is 415. The third-order valence-electron chi connectivity index (χ3n) is 3.66. The number of thioether (sulfide) groups is 1. The van der Waals surface area contributed by atoms with E-state index in [1.54, 1.807) is 16.1 Å².